The van der Waals surface area contributed by atoms with Crippen molar-refractivity contribution in [1.82, 2.24) is 14.7 Å². The smallest absolute Gasteiger partial charge is 0.362 e. The fourth-order valence-corrected chi connectivity index (χ4v) is 5.03. The minimum absolute atomic E-state index is 0.146. The summed E-state index contributed by atoms with van der Waals surface area (Å²) in [6.45, 7) is 1.20. The van der Waals surface area contributed by atoms with Gasteiger partial charge in [-0.3, -0.25) is 4.79 Å². The van der Waals surface area contributed by atoms with Crippen LogP contribution >= 0.6 is 23.1 Å². The van der Waals surface area contributed by atoms with Gasteiger partial charge in [0.2, 0.25) is 0 Å². The van der Waals surface area contributed by atoms with Crippen molar-refractivity contribution in [1.29, 1.82) is 0 Å². The molecule has 4 rings (SSSR count). The standard InChI is InChI=1S/C16H17F3N4OS2/c17-16(18,19)13-8-11(12-2-1-5-26-12)21-14-10(9-20-23(13)14)15(24)22-3-6-25-7-4-22/h1-2,5,9,11,13,21H,3-4,6-8H2/t11-,13+/m1/s1. The molecule has 0 saturated carbocycles. The van der Waals surface area contributed by atoms with Crippen LogP contribution < -0.4 is 5.32 Å². The number of halogens is 3. The Bertz CT molecular complexity index is 784. The van der Waals surface area contributed by atoms with Gasteiger partial charge in [0.1, 0.15) is 11.4 Å². The van der Waals surface area contributed by atoms with Gasteiger partial charge in [0.25, 0.3) is 5.91 Å². The average Bonchev–Trinajstić information content (AvgIpc) is 3.30. The molecule has 1 amide bonds. The number of fused-ring (bicyclic) bond motifs is 1. The number of thiophene rings is 1. The van der Waals surface area contributed by atoms with E-state index in [-0.39, 0.29) is 23.7 Å². The van der Waals surface area contributed by atoms with E-state index < -0.39 is 18.3 Å². The Morgan fingerprint density at radius 2 is 2.08 bits per heavy atom. The van der Waals surface area contributed by atoms with Crippen molar-refractivity contribution in [2.24, 2.45) is 0 Å². The molecule has 0 radical (unpaired) electrons. The normalized spacial score (nSPS) is 23.4. The Morgan fingerprint density at radius 3 is 2.73 bits per heavy atom. The first-order chi connectivity index (χ1) is 12.4. The van der Waals surface area contributed by atoms with Crippen molar-refractivity contribution < 1.29 is 18.0 Å². The zero-order valence-corrected chi connectivity index (χ0v) is 15.3. The zero-order valence-electron chi connectivity index (χ0n) is 13.7. The molecule has 5 nitrogen and oxygen atoms in total. The van der Waals surface area contributed by atoms with E-state index in [1.165, 1.54) is 17.5 Å². The van der Waals surface area contributed by atoms with Gasteiger partial charge < -0.3 is 10.2 Å². The number of nitrogens with zero attached hydrogens (tertiary/aromatic N) is 3. The fraction of sp³-hybridized carbons (Fsp3) is 0.500. The summed E-state index contributed by atoms with van der Waals surface area (Å²) in [5.41, 5.74) is 0.215. The third-order valence-electron chi connectivity index (χ3n) is 4.65. The predicted octanol–water partition coefficient (Wildman–Crippen LogP) is 3.79. The first-order valence-electron chi connectivity index (χ1n) is 8.26. The van der Waals surface area contributed by atoms with E-state index in [9.17, 15) is 18.0 Å². The van der Waals surface area contributed by atoms with E-state index >= 15 is 0 Å². The monoisotopic (exact) mass is 402 g/mol. The number of aromatic nitrogens is 2. The molecule has 2 aromatic rings. The maximum absolute atomic E-state index is 13.6. The van der Waals surface area contributed by atoms with E-state index in [0.717, 1.165) is 21.1 Å². The lowest BCUT2D eigenvalue weighted by Crippen LogP contribution is -2.39. The number of hydrogen-bond acceptors (Lipinski definition) is 5. The second-order valence-electron chi connectivity index (χ2n) is 6.26. The molecular weight excluding hydrogens is 385 g/mol. The summed E-state index contributed by atoms with van der Waals surface area (Å²) in [6.07, 6.45) is -3.31. The number of carbonyl (C=O) groups is 1. The van der Waals surface area contributed by atoms with Crippen LogP contribution in [0, 0.1) is 0 Å². The van der Waals surface area contributed by atoms with Crippen molar-refractivity contribution in [3.63, 3.8) is 0 Å². The third kappa shape index (κ3) is 3.20. The van der Waals surface area contributed by atoms with Gasteiger partial charge in [0.05, 0.1) is 12.2 Å². The van der Waals surface area contributed by atoms with E-state index in [2.05, 4.69) is 10.4 Å². The molecule has 2 atom stereocenters. The first-order valence-corrected chi connectivity index (χ1v) is 10.3. The molecule has 0 bridgehead atoms. The van der Waals surface area contributed by atoms with Gasteiger partial charge in [0.15, 0.2) is 6.04 Å². The summed E-state index contributed by atoms with van der Waals surface area (Å²) in [5, 5.41) is 8.89. The van der Waals surface area contributed by atoms with Crippen LogP contribution in [0.25, 0.3) is 0 Å². The quantitative estimate of drug-likeness (QED) is 0.830. The second-order valence-corrected chi connectivity index (χ2v) is 8.47. The average molecular weight is 402 g/mol. The molecule has 0 unspecified atom stereocenters. The molecule has 1 saturated heterocycles. The number of thioether (sulfide) groups is 1. The molecule has 2 aliphatic heterocycles. The summed E-state index contributed by atoms with van der Waals surface area (Å²) >= 11 is 3.17. The molecule has 2 aliphatic rings. The van der Waals surface area contributed by atoms with Gasteiger partial charge in [0, 0.05) is 35.9 Å². The molecule has 0 aromatic carbocycles. The summed E-state index contributed by atoms with van der Waals surface area (Å²) in [5.74, 6) is 1.59. The highest BCUT2D eigenvalue weighted by atomic mass is 32.2. The van der Waals surface area contributed by atoms with Gasteiger partial charge in [-0.05, 0) is 11.4 Å². The largest absolute Gasteiger partial charge is 0.410 e. The zero-order chi connectivity index (χ0) is 18.3. The molecule has 0 spiro atoms. The van der Waals surface area contributed by atoms with Gasteiger partial charge in [-0.2, -0.15) is 30.0 Å². The van der Waals surface area contributed by atoms with Gasteiger partial charge in [-0.15, -0.1) is 11.3 Å². The van der Waals surface area contributed by atoms with Crippen LogP contribution in [0.1, 0.15) is 33.7 Å². The Kier molecular flexibility index (Phi) is 4.64. The minimum atomic E-state index is -4.43. The van der Waals surface area contributed by atoms with Crippen LogP contribution in [0.2, 0.25) is 0 Å². The molecule has 2 aromatic heterocycles. The third-order valence-corrected chi connectivity index (χ3v) is 6.58. The number of rotatable bonds is 2. The predicted molar refractivity (Wildman–Crippen MR) is 95.8 cm³/mol. The van der Waals surface area contributed by atoms with Gasteiger partial charge in [-0.25, -0.2) is 4.68 Å². The summed E-state index contributed by atoms with van der Waals surface area (Å²) in [6, 6.07) is 1.39. The van der Waals surface area contributed by atoms with Crippen molar-refractivity contribution >= 4 is 34.8 Å². The lowest BCUT2D eigenvalue weighted by Gasteiger charge is -2.34. The van der Waals surface area contributed by atoms with Crippen molar-refractivity contribution in [2.45, 2.75) is 24.7 Å². The molecule has 10 heteroatoms. The van der Waals surface area contributed by atoms with Gasteiger partial charge >= 0.3 is 6.18 Å². The lowest BCUT2D eigenvalue weighted by molar-refractivity contribution is -0.173. The summed E-state index contributed by atoms with van der Waals surface area (Å²) in [7, 11) is 0. The highest BCUT2D eigenvalue weighted by Crippen LogP contribution is 2.45. The molecule has 4 heterocycles. The summed E-state index contributed by atoms with van der Waals surface area (Å²) < 4.78 is 41.8. The number of amides is 1. The second kappa shape index (κ2) is 6.80. The molecule has 140 valence electrons. The topological polar surface area (TPSA) is 50.2 Å². The van der Waals surface area contributed by atoms with Crippen LogP contribution in [-0.2, 0) is 0 Å². The molecular formula is C16H17F3N4OS2. The number of nitrogens with one attached hydrogen (secondary N) is 1. The number of anilines is 1. The van der Waals surface area contributed by atoms with Crippen LogP contribution in [0.4, 0.5) is 19.0 Å². The highest BCUT2D eigenvalue weighted by Gasteiger charge is 2.47. The lowest BCUT2D eigenvalue weighted by atomic mass is 10.0. The molecule has 1 N–H and O–H groups in total. The van der Waals surface area contributed by atoms with E-state index in [1.54, 1.807) is 16.7 Å². The number of carbonyl (C=O) groups excluding carboxylic acids is 1. The highest BCUT2D eigenvalue weighted by molar-refractivity contribution is 7.99. The molecule has 1 fully saturated rings. The van der Waals surface area contributed by atoms with Crippen molar-refractivity contribution in [3.8, 4) is 0 Å². The van der Waals surface area contributed by atoms with Crippen LogP contribution in [-0.4, -0.2) is 51.4 Å². The van der Waals surface area contributed by atoms with E-state index in [0.29, 0.717) is 13.1 Å². The number of hydrogen-bond donors (Lipinski definition) is 1. The van der Waals surface area contributed by atoms with E-state index in [4.69, 9.17) is 0 Å². The van der Waals surface area contributed by atoms with Crippen LogP contribution in [0.3, 0.4) is 0 Å². The molecule has 26 heavy (non-hydrogen) atoms. The summed E-state index contributed by atoms with van der Waals surface area (Å²) in [4.78, 5) is 15.3. The van der Waals surface area contributed by atoms with E-state index in [1.807, 2.05) is 17.5 Å². The Morgan fingerprint density at radius 1 is 1.31 bits per heavy atom. The van der Waals surface area contributed by atoms with Crippen molar-refractivity contribution in [3.05, 3.63) is 34.2 Å². The maximum Gasteiger partial charge on any atom is 0.410 e. The Balaban J connectivity index is 1.70. The van der Waals surface area contributed by atoms with Crippen molar-refractivity contribution in [2.75, 3.05) is 29.9 Å². The first kappa shape index (κ1) is 17.7. The Labute approximate surface area is 156 Å². The maximum atomic E-state index is 13.6. The van der Waals surface area contributed by atoms with Crippen LogP contribution in [0.5, 0.6) is 0 Å². The minimum Gasteiger partial charge on any atom is -0.362 e. The SMILES string of the molecule is O=C(c1cnn2c1N[C@@H](c1cccs1)C[C@H]2C(F)(F)F)N1CCSCC1. The Hall–Kier alpha value is -1.68. The fourth-order valence-electron chi connectivity index (χ4n) is 3.33. The number of alkyl halides is 3. The molecule has 0 aliphatic carbocycles. The van der Waals surface area contributed by atoms with Gasteiger partial charge in [-0.1, -0.05) is 6.07 Å². The van der Waals surface area contributed by atoms with Crippen LogP contribution in [0.15, 0.2) is 23.7 Å².